The van der Waals surface area contributed by atoms with Crippen LogP contribution in [0.25, 0.3) is 0 Å². The van der Waals surface area contributed by atoms with E-state index in [0.29, 0.717) is 18.5 Å². The fourth-order valence-corrected chi connectivity index (χ4v) is 2.12. The minimum Gasteiger partial charge on any atom is -0.301 e. The number of hydrogen-bond acceptors (Lipinski definition) is 4. The molecule has 2 atom stereocenters. The van der Waals surface area contributed by atoms with Crippen LogP contribution in [-0.2, 0) is 4.79 Å². The fourth-order valence-electron chi connectivity index (χ4n) is 1.54. The lowest BCUT2D eigenvalue weighted by atomic mass is 10.1. The maximum atomic E-state index is 11.0. The largest absolute Gasteiger partial charge is 0.301 e. The maximum Gasteiger partial charge on any atom is 0.233 e. The zero-order chi connectivity index (χ0) is 12.6. The van der Waals surface area contributed by atoms with E-state index in [1.54, 1.807) is 0 Å². The quantitative estimate of drug-likeness (QED) is 0.385. The van der Waals surface area contributed by atoms with E-state index in [0.717, 1.165) is 6.42 Å². The fraction of sp³-hybridized carbons (Fsp3) is 0.909. The Bertz CT molecular complexity index is 202. The van der Waals surface area contributed by atoms with Gasteiger partial charge in [-0.3, -0.25) is 10.2 Å². The van der Waals surface area contributed by atoms with Gasteiger partial charge in [0.2, 0.25) is 5.91 Å². The zero-order valence-corrected chi connectivity index (χ0v) is 11.6. The van der Waals surface area contributed by atoms with Crippen LogP contribution < -0.4 is 11.3 Å². The van der Waals surface area contributed by atoms with Crippen LogP contribution in [0, 0.1) is 0 Å². The summed E-state index contributed by atoms with van der Waals surface area (Å²) in [5.41, 5.74) is 2.16. The molecule has 4 nitrogen and oxygen atoms in total. The van der Waals surface area contributed by atoms with Crippen molar-refractivity contribution in [2.75, 3.05) is 19.1 Å². The van der Waals surface area contributed by atoms with E-state index in [1.165, 1.54) is 12.2 Å². The highest BCUT2D eigenvalue weighted by Crippen LogP contribution is 2.12. The van der Waals surface area contributed by atoms with Crippen LogP contribution in [0.2, 0.25) is 0 Å². The summed E-state index contributed by atoms with van der Waals surface area (Å²) in [6, 6.07) is 0.970. The Kier molecular flexibility index (Phi) is 8.70. The standard InChI is InChI=1S/C11H25N3OS/c1-9(5-6-11(15)13-12)14(3)10(2)7-8-16-4/h9-10H,5-8,12H2,1-4H3,(H,13,15). The molecule has 96 valence electrons. The maximum absolute atomic E-state index is 11.0. The van der Waals surface area contributed by atoms with Crippen molar-refractivity contribution in [1.29, 1.82) is 0 Å². The normalized spacial score (nSPS) is 14.9. The average molecular weight is 247 g/mol. The number of nitrogens with one attached hydrogen (secondary N) is 1. The number of rotatable bonds is 8. The van der Waals surface area contributed by atoms with Gasteiger partial charge in [0.15, 0.2) is 0 Å². The molecule has 0 rings (SSSR count). The van der Waals surface area contributed by atoms with Crippen molar-refractivity contribution in [1.82, 2.24) is 10.3 Å². The van der Waals surface area contributed by atoms with Gasteiger partial charge in [0.1, 0.15) is 0 Å². The number of nitrogens with zero attached hydrogens (tertiary/aromatic N) is 1. The molecule has 0 heterocycles. The van der Waals surface area contributed by atoms with Crippen molar-refractivity contribution in [2.45, 2.75) is 45.2 Å². The van der Waals surface area contributed by atoms with Crippen LogP contribution in [0.15, 0.2) is 0 Å². The third kappa shape index (κ3) is 6.35. The van der Waals surface area contributed by atoms with Crippen LogP contribution in [-0.4, -0.2) is 41.9 Å². The summed E-state index contributed by atoms with van der Waals surface area (Å²) >= 11 is 1.87. The van der Waals surface area contributed by atoms with Crippen molar-refractivity contribution in [2.24, 2.45) is 5.84 Å². The van der Waals surface area contributed by atoms with Gasteiger partial charge in [-0.15, -0.1) is 0 Å². The molecule has 1 amide bonds. The second kappa shape index (κ2) is 8.84. The van der Waals surface area contributed by atoms with Crippen molar-refractivity contribution in [3.63, 3.8) is 0 Å². The van der Waals surface area contributed by atoms with Gasteiger partial charge in [-0.25, -0.2) is 5.84 Å². The van der Waals surface area contributed by atoms with Crippen molar-refractivity contribution in [3.8, 4) is 0 Å². The summed E-state index contributed by atoms with van der Waals surface area (Å²) in [5.74, 6) is 6.14. The highest BCUT2D eigenvalue weighted by molar-refractivity contribution is 7.98. The lowest BCUT2D eigenvalue weighted by Crippen LogP contribution is -2.38. The lowest BCUT2D eigenvalue weighted by Gasteiger charge is -2.30. The highest BCUT2D eigenvalue weighted by atomic mass is 32.2. The van der Waals surface area contributed by atoms with Gasteiger partial charge in [-0.2, -0.15) is 11.8 Å². The molecule has 0 bridgehead atoms. The molecule has 3 N–H and O–H groups in total. The van der Waals surface area contributed by atoms with Gasteiger partial charge in [-0.1, -0.05) is 0 Å². The van der Waals surface area contributed by atoms with E-state index in [1.807, 2.05) is 11.8 Å². The molecule has 0 aromatic carbocycles. The Hall–Kier alpha value is -0.260. The van der Waals surface area contributed by atoms with Gasteiger partial charge < -0.3 is 4.90 Å². The predicted molar refractivity (Wildman–Crippen MR) is 71.3 cm³/mol. The summed E-state index contributed by atoms with van der Waals surface area (Å²) in [7, 11) is 2.12. The molecule has 0 radical (unpaired) electrons. The number of amides is 1. The molecule has 16 heavy (non-hydrogen) atoms. The Labute approximate surface area is 103 Å². The van der Waals surface area contributed by atoms with E-state index in [9.17, 15) is 4.79 Å². The molecule has 5 heteroatoms. The first-order valence-electron chi connectivity index (χ1n) is 5.73. The number of carbonyl (C=O) groups excluding carboxylic acids is 1. The van der Waals surface area contributed by atoms with Gasteiger partial charge in [-0.05, 0) is 45.7 Å². The third-order valence-electron chi connectivity index (χ3n) is 3.08. The van der Waals surface area contributed by atoms with Gasteiger partial charge >= 0.3 is 0 Å². The summed E-state index contributed by atoms with van der Waals surface area (Å²) < 4.78 is 0. The molecule has 0 saturated carbocycles. The van der Waals surface area contributed by atoms with Crippen LogP contribution in [0.1, 0.15) is 33.1 Å². The van der Waals surface area contributed by atoms with Crippen molar-refractivity contribution < 1.29 is 4.79 Å². The summed E-state index contributed by atoms with van der Waals surface area (Å²) in [4.78, 5) is 13.4. The van der Waals surface area contributed by atoms with E-state index in [-0.39, 0.29) is 5.91 Å². The van der Waals surface area contributed by atoms with Crippen LogP contribution >= 0.6 is 11.8 Å². The number of carbonyl (C=O) groups is 1. The first-order chi connectivity index (χ1) is 7.52. The average Bonchev–Trinajstić information content (AvgIpc) is 2.31. The first-order valence-corrected chi connectivity index (χ1v) is 7.12. The molecule has 0 aromatic rings. The number of hydrazine groups is 1. The van der Waals surface area contributed by atoms with Crippen molar-refractivity contribution >= 4 is 17.7 Å². The SMILES string of the molecule is CSCCC(C)N(C)C(C)CCC(=O)NN. The van der Waals surface area contributed by atoms with E-state index in [2.05, 4.69) is 37.5 Å². The van der Waals surface area contributed by atoms with E-state index >= 15 is 0 Å². The molecule has 0 spiro atoms. The third-order valence-corrected chi connectivity index (χ3v) is 3.72. The molecule has 0 aromatic heterocycles. The predicted octanol–water partition coefficient (Wildman–Crippen LogP) is 1.22. The Morgan fingerprint density at radius 3 is 2.44 bits per heavy atom. The Morgan fingerprint density at radius 2 is 1.94 bits per heavy atom. The smallest absolute Gasteiger partial charge is 0.233 e. The van der Waals surface area contributed by atoms with Crippen molar-refractivity contribution in [3.05, 3.63) is 0 Å². The lowest BCUT2D eigenvalue weighted by molar-refractivity contribution is -0.121. The first kappa shape index (κ1) is 15.7. The van der Waals surface area contributed by atoms with Gasteiger partial charge in [0.05, 0.1) is 0 Å². The second-order valence-electron chi connectivity index (χ2n) is 4.25. The van der Waals surface area contributed by atoms with E-state index < -0.39 is 0 Å². The summed E-state index contributed by atoms with van der Waals surface area (Å²) in [6.45, 7) is 4.38. The van der Waals surface area contributed by atoms with E-state index in [4.69, 9.17) is 5.84 Å². The molecule has 0 aliphatic carbocycles. The summed E-state index contributed by atoms with van der Waals surface area (Å²) in [6.07, 6.45) is 4.66. The number of hydrogen-bond donors (Lipinski definition) is 2. The topological polar surface area (TPSA) is 58.4 Å². The molecular formula is C11H25N3OS. The second-order valence-corrected chi connectivity index (χ2v) is 5.24. The monoisotopic (exact) mass is 247 g/mol. The molecule has 0 aliphatic rings. The minimum atomic E-state index is -0.0861. The Morgan fingerprint density at radius 1 is 1.38 bits per heavy atom. The van der Waals surface area contributed by atoms with Gasteiger partial charge in [0.25, 0.3) is 0 Å². The molecule has 0 saturated heterocycles. The molecule has 2 unspecified atom stereocenters. The van der Waals surface area contributed by atoms with Crippen LogP contribution in [0.3, 0.4) is 0 Å². The van der Waals surface area contributed by atoms with Gasteiger partial charge in [0, 0.05) is 18.5 Å². The molecule has 0 aliphatic heterocycles. The summed E-state index contributed by atoms with van der Waals surface area (Å²) in [5, 5.41) is 0. The number of thioether (sulfide) groups is 1. The zero-order valence-electron chi connectivity index (χ0n) is 10.8. The number of nitrogens with two attached hydrogens (primary N) is 1. The van der Waals surface area contributed by atoms with Crippen LogP contribution in [0.5, 0.6) is 0 Å². The Balaban J connectivity index is 3.87. The highest BCUT2D eigenvalue weighted by Gasteiger charge is 2.16. The van der Waals surface area contributed by atoms with Crippen LogP contribution in [0.4, 0.5) is 0 Å². The minimum absolute atomic E-state index is 0.0861. The molecular weight excluding hydrogens is 222 g/mol. The molecule has 0 fully saturated rings.